The Bertz CT molecular complexity index is 554. The molecule has 0 bridgehead atoms. The molecule has 0 aliphatic heterocycles. The lowest BCUT2D eigenvalue weighted by atomic mass is 9.72. The molecule has 2 rings (SSSR count). The Labute approximate surface area is 153 Å². The van der Waals surface area contributed by atoms with Gasteiger partial charge in [0.25, 0.3) is 0 Å². The van der Waals surface area contributed by atoms with Crippen LogP contribution in [0.4, 0.5) is 0 Å². The number of hydrogen-bond donors (Lipinski definition) is 1. The molecule has 5 atom stereocenters. The second kappa shape index (κ2) is 7.65. The van der Waals surface area contributed by atoms with Gasteiger partial charge in [-0.05, 0) is 83.1 Å². The summed E-state index contributed by atoms with van der Waals surface area (Å²) < 4.78 is 5.46. The van der Waals surface area contributed by atoms with Gasteiger partial charge in [-0.2, -0.15) is 0 Å². The lowest BCUT2D eigenvalue weighted by Crippen LogP contribution is -2.36. The second-order valence-corrected chi connectivity index (χ2v) is 9.15. The molecule has 142 valence electrons. The molecule has 0 aromatic carbocycles. The summed E-state index contributed by atoms with van der Waals surface area (Å²) >= 11 is 0. The van der Waals surface area contributed by atoms with Crippen LogP contribution in [-0.4, -0.2) is 22.8 Å². The van der Waals surface area contributed by atoms with Crippen molar-refractivity contribution in [2.24, 2.45) is 17.3 Å². The van der Waals surface area contributed by atoms with Gasteiger partial charge in [0.1, 0.15) is 6.10 Å². The Kier molecular flexibility index (Phi) is 6.19. The Hall–Kier alpha value is -1.09. The third kappa shape index (κ3) is 5.44. The smallest absolute Gasteiger partial charge is 0.303 e. The van der Waals surface area contributed by atoms with Crippen molar-refractivity contribution in [1.29, 1.82) is 0 Å². The molecule has 1 N–H and O–H groups in total. The number of fused-ring (bicyclic) bond motifs is 1. The van der Waals surface area contributed by atoms with Gasteiger partial charge in [0.2, 0.25) is 0 Å². The number of rotatable bonds is 4. The average molecular weight is 349 g/mol. The minimum atomic E-state index is -0.781. The van der Waals surface area contributed by atoms with Crippen molar-refractivity contribution in [3.8, 4) is 0 Å². The summed E-state index contributed by atoms with van der Waals surface area (Å²) in [6, 6.07) is 0. The van der Waals surface area contributed by atoms with Crippen molar-refractivity contribution >= 4 is 5.97 Å². The van der Waals surface area contributed by atoms with Crippen LogP contribution in [0, 0.1) is 17.3 Å². The van der Waals surface area contributed by atoms with Gasteiger partial charge < -0.3 is 9.84 Å². The highest BCUT2D eigenvalue weighted by atomic mass is 16.5. The highest BCUT2D eigenvalue weighted by Gasteiger charge is 2.57. The van der Waals surface area contributed by atoms with Crippen LogP contribution in [0.2, 0.25) is 0 Å². The molecular formula is C22H36O3. The van der Waals surface area contributed by atoms with E-state index in [9.17, 15) is 9.90 Å². The third-order valence-corrected chi connectivity index (χ3v) is 6.25. The summed E-state index contributed by atoms with van der Waals surface area (Å²) in [4.78, 5) is 11.4. The number of ether oxygens (including phenoxy) is 1. The fourth-order valence-corrected chi connectivity index (χ4v) is 4.63. The topological polar surface area (TPSA) is 46.5 Å². The van der Waals surface area contributed by atoms with Gasteiger partial charge in [-0.1, -0.05) is 24.1 Å². The van der Waals surface area contributed by atoms with Crippen LogP contribution in [0.15, 0.2) is 23.3 Å². The highest BCUT2D eigenvalue weighted by Crippen LogP contribution is 2.60. The van der Waals surface area contributed by atoms with Crippen molar-refractivity contribution in [1.82, 2.24) is 0 Å². The molecule has 0 aromatic rings. The van der Waals surface area contributed by atoms with E-state index < -0.39 is 5.60 Å². The molecule has 0 radical (unpaired) electrons. The SMILES string of the molecule is CC(=O)O[C@H]1/C=C(/C)CC[C@](C)(CCC=C(C)C)[C@H]2C[C@@H]2[C@@](C)(O)C1. The van der Waals surface area contributed by atoms with Crippen LogP contribution < -0.4 is 0 Å². The molecule has 0 unspecified atom stereocenters. The average Bonchev–Trinajstić information content (AvgIpc) is 3.24. The molecule has 1 saturated carbocycles. The van der Waals surface area contributed by atoms with Gasteiger partial charge in [-0.3, -0.25) is 4.79 Å². The number of aliphatic hydroxyl groups is 1. The van der Waals surface area contributed by atoms with Crippen LogP contribution in [0.3, 0.4) is 0 Å². The second-order valence-electron chi connectivity index (χ2n) is 9.15. The van der Waals surface area contributed by atoms with E-state index in [0.29, 0.717) is 18.3 Å². The van der Waals surface area contributed by atoms with Gasteiger partial charge >= 0.3 is 5.97 Å². The standard InChI is InChI=1S/C22H36O3/c1-15(2)8-7-10-21(5)11-9-16(3)12-18(25-17(4)23)14-22(6,24)20-13-19(20)21/h8,12,18-20,24H,7,9-11,13-14H2,1-6H3/b16-12-/t18-,19-,20-,21-,22-/m0/s1. The van der Waals surface area contributed by atoms with Gasteiger partial charge in [0.15, 0.2) is 0 Å². The van der Waals surface area contributed by atoms with Crippen molar-refractivity contribution in [3.63, 3.8) is 0 Å². The van der Waals surface area contributed by atoms with Crippen molar-refractivity contribution in [2.45, 2.75) is 91.8 Å². The first-order valence-electron chi connectivity index (χ1n) is 9.74. The van der Waals surface area contributed by atoms with Crippen LogP contribution >= 0.6 is 0 Å². The lowest BCUT2D eigenvalue weighted by molar-refractivity contribution is -0.146. The van der Waals surface area contributed by atoms with Crippen LogP contribution in [0.1, 0.15) is 80.1 Å². The summed E-state index contributed by atoms with van der Waals surface area (Å²) in [6.45, 7) is 12.2. The van der Waals surface area contributed by atoms with Crippen molar-refractivity contribution in [3.05, 3.63) is 23.3 Å². The molecule has 1 fully saturated rings. The maximum atomic E-state index is 11.4. The van der Waals surface area contributed by atoms with E-state index in [1.807, 2.05) is 6.92 Å². The largest absolute Gasteiger partial charge is 0.458 e. The Morgan fingerprint density at radius 2 is 2.00 bits per heavy atom. The zero-order chi connectivity index (χ0) is 18.8. The predicted octanol–water partition coefficient (Wildman–Crippen LogP) is 5.19. The summed E-state index contributed by atoms with van der Waals surface area (Å²) in [5.41, 5.74) is 2.12. The van der Waals surface area contributed by atoms with E-state index in [1.54, 1.807) is 0 Å². The molecule has 3 heteroatoms. The number of hydrogen-bond acceptors (Lipinski definition) is 3. The minimum Gasteiger partial charge on any atom is -0.458 e. The van der Waals surface area contributed by atoms with Gasteiger partial charge in [-0.25, -0.2) is 0 Å². The fraction of sp³-hybridized carbons (Fsp3) is 0.773. The monoisotopic (exact) mass is 348 g/mol. The van der Waals surface area contributed by atoms with Crippen LogP contribution in [0.25, 0.3) is 0 Å². The number of carbonyl (C=O) groups excluding carboxylic acids is 1. The summed E-state index contributed by atoms with van der Waals surface area (Å²) in [5.74, 6) is 0.604. The normalized spacial score (nSPS) is 40.3. The summed E-state index contributed by atoms with van der Waals surface area (Å²) in [7, 11) is 0. The predicted molar refractivity (Wildman–Crippen MR) is 102 cm³/mol. The number of esters is 1. The molecule has 0 amide bonds. The third-order valence-electron chi connectivity index (χ3n) is 6.25. The van der Waals surface area contributed by atoms with E-state index in [4.69, 9.17) is 4.74 Å². The molecule has 0 spiro atoms. The first kappa shape index (κ1) is 20.2. The van der Waals surface area contributed by atoms with Crippen molar-refractivity contribution in [2.75, 3.05) is 0 Å². The first-order chi connectivity index (χ1) is 11.5. The summed E-state index contributed by atoms with van der Waals surface area (Å²) in [5, 5.41) is 11.1. The molecule has 0 saturated heterocycles. The molecule has 2 aliphatic rings. The molecule has 0 aromatic heterocycles. The van der Waals surface area contributed by atoms with E-state index in [0.717, 1.165) is 25.7 Å². The zero-order valence-electron chi connectivity index (χ0n) is 16.9. The van der Waals surface area contributed by atoms with E-state index in [2.05, 4.69) is 39.8 Å². The maximum Gasteiger partial charge on any atom is 0.303 e. The Morgan fingerprint density at radius 3 is 2.60 bits per heavy atom. The lowest BCUT2D eigenvalue weighted by Gasteiger charge is -2.35. The maximum absolute atomic E-state index is 11.4. The van der Waals surface area contributed by atoms with Crippen molar-refractivity contribution < 1.29 is 14.6 Å². The first-order valence-corrected chi connectivity index (χ1v) is 9.74. The fourth-order valence-electron chi connectivity index (χ4n) is 4.63. The molecule has 0 heterocycles. The Morgan fingerprint density at radius 1 is 1.32 bits per heavy atom. The van der Waals surface area contributed by atoms with Gasteiger partial charge in [-0.15, -0.1) is 0 Å². The van der Waals surface area contributed by atoms with Gasteiger partial charge in [0.05, 0.1) is 5.60 Å². The van der Waals surface area contributed by atoms with Crippen LogP contribution in [-0.2, 0) is 9.53 Å². The van der Waals surface area contributed by atoms with E-state index in [1.165, 1.54) is 24.5 Å². The zero-order valence-corrected chi connectivity index (χ0v) is 16.9. The Balaban J connectivity index is 2.20. The number of carbonyl (C=O) groups is 1. The number of allylic oxidation sites excluding steroid dienone is 3. The van der Waals surface area contributed by atoms with E-state index in [-0.39, 0.29) is 17.5 Å². The molecule has 3 nitrogen and oxygen atoms in total. The molecule has 25 heavy (non-hydrogen) atoms. The van der Waals surface area contributed by atoms with Gasteiger partial charge in [0, 0.05) is 13.3 Å². The highest BCUT2D eigenvalue weighted by molar-refractivity contribution is 5.66. The van der Waals surface area contributed by atoms with E-state index >= 15 is 0 Å². The summed E-state index contributed by atoms with van der Waals surface area (Å²) in [6.07, 6.45) is 10.1. The quantitative estimate of drug-likeness (QED) is 0.562. The van der Waals surface area contributed by atoms with Crippen LogP contribution in [0.5, 0.6) is 0 Å². The molecule has 2 aliphatic carbocycles. The minimum absolute atomic E-state index is 0.268. The molecular weight excluding hydrogens is 312 g/mol.